The summed E-state index contributed by atoms with van der Waals surface area (Å²) in [6, 6.07) is 8.13. The summed E-state index contributed by atoms with van der Waals surface area (Å²) in [5, 5.41) is 7.76. The van der Waals surface area contributed by atoms with Crippen LogP contribution in [0.5, 0.6) is 0 Å². The molecule has 5 nitrogen and oxygen atoms in total. The summed E-state index contributed by atoms with van der Waals surface area (Å²) in [4.78, 5) is 16.6. The number of aromatic nitrogens is 3. The highest BCUT2D eigenvalue weighted by Crippen LogP contribution is 2.19. The first kappa shape index (κ1) is 13.0. The van der Waals surface area contributed by atoms with E-state index in [2.05, 4.69) is 15.4 Å². The molecule has 1 saturated carbocycles. The Labute approximate surface area is 117 Å². The van der Waals surface area contributed by atoms with Crippen molar-refractivity contribution in [2.24, 2.45) is 0 Å². The molecule has 1 aliphatic rings. The minimum atomic E-state index is -0.0136. The molecular weight excluding hydrogens is 252 g/mol. The SMILES string of the molecule is CCn1nc(-c2ccccn2)cc(CNC2CC2)c1=O. The Morgan fingerprint density at radius 2 is 2.20 bits per heavy atom. The fourth-order valence-electron chi connectivity index (χ4n) is 2.12. The van der Waals surface area contributed by atoms with Crippen LogP contribution in [-0.2, 0) is 13.1 Å². The van der Waals surface area contributed by atoms with Gasteiger partial charge in [-0.3, -0.25) is 9.78 Å². The number of pyridine rings is 1. The molecule has 0 saturated heterocycles. The van der Waals surface area contributed by atoms with E-state index < -0.39 is 0 Å². The molecule has 0 unspecified atom stereocenters. The van der Waals surface area contributed by atoms with Gasteiger partial charge < -0.3 is 5.32 Å². The number of nitrogens with one attached hydrogen (secondary N) is 1. The van der Waals surface area contributed by atoms with Gasteiger partial charge in [0, 0.05) is 30.9 Å². The summed E-state index contributed by atoms with van der Waals surface area (Å²) in [6.07, 6.45) is 4.15. The van der Waals surface area contributed by atoms with Gasteiger partial charge in [0.15, 0.2) is 0 Å². The number of rotatable bonds is 5. The Hall–Kier alpha value is -2.01. The van der Waals surface area contributed by atoms with E-state index in [0.29, 0.717) is 19.1 Å². The third kappa shape index (κ3) is 2.77. The number of hydrogen-bond donors (Lipinski definition) is 1. The van der Waals surface area contributed by atoms with Crippen LogP contribution in [0.25, 0.3) is 11.4 Å². The number of hydrogen-bond acceptors (Lipinski definition) is 4. The lowest BCUT2D eigenvalue weighted by Crippen LogP contribution is -2.29. The lowest BCUT2D eigenvalue weighted by atomic mass is 10.2. The summed E-state index contributed by atoms with van der Waals surface area (Å²) in [7, 11) is 0. The fourth-order valence-corrected chi connectivity index (χ4v) is 2.12. The van der Waals surface area contributed by atoms with Gasteiger partial charge in [-0.15, -0.1) is 0 Å². The molecule has 0 spiro atoms. The Morgan fingerprint density at radius 1 is 1.35 bits per heavy atom. The molecule has 0 radical (unpaired) electrons. The van der Waals surface area contributed by atoms with Gasteiger partial charge in [0.1, 0.15) is 5.69 Å². The first-order valence-electron chi connectivity index (χ1n) is 7.03. The summed E-state index contributed by atoms with van der Waals surface area (Å²) in [5.74, 6) is 0. The molecule has 3 rings (SSSR count). The fraction of sp³-hybridized carbons (Fsp3) is 0.400. The third-order valence-corrected chi connectivity index (χ3v) is 3.43. The van der Waals surface area contributed by atoms with Crippen molar-refractivity contribution >= 4 is 0 Å². The number of nitrogens with zero attached hydrogens (tertiary/aromatic N) is 3. The van der Waals surface area contributed by atoms with Crippen LogP contribution in [0.1, 0.15) is 25.3 Å². The molecule has 1 N–H and O–H groups in total. The molecule has 5 heteroatoms. The van der Waals surface area contributed by atoms with Crippen molar-refractivity contribution in [3.63, 3.8) is 0 Å². The molecule has 20 heavy (non-hydrogen) atoms. The van der Waals surface area contributed by atoms with Crippen LogP contribution in [0.3, 0.4) is 0 Å². The predicted octanol–water partition coefficient (Wildman–Crippen LogP) is 1.58. The maximum Gasteiger partial charge on any atom is 0.271 e. The minimum absolute atomic E-state index is 0.0136. The minimum Gasteiger partial charge on any atom is -0.310 e. The largest absolute Gasteiger partial charge is 0.310 e. The average Bonchev–Trinajstić information content (AvgIpc) is 3.31. The van der Waals surface area contributed by atoms with E-state index in [1.165, 1.54) is 17.5 Å². The molecule has 0 amide bonds. The topological polar surface area (TPSA) is 59.8 Å². The maximum atomic E-state index is 12.3. The van der Waals surface area contributed by atoms with Crippen molar-refractivity contribution in [3.8, 4) is 11.4 Å². The standard InChI is InChI=1S/C15H18N4O/c1-2-19-15(20)11(10-17-12-6-7-12)9-14(18-19)13-5-3-4-8-16-13/h3-5,8-9,12,17H,2,6-7,10H2,1H3. The monoisotopic (exact) mass is 270 g/mol. The van der Waals surface area contributed by atoms with Gasteiger partial charge in [0.25, 0.3) is 5.56 Å². The quantitative estimate of drug-likeness (QED) is 0.896. The third-order valence-electron chi connectivity index (χ3n) is 3.43. The second kappa shape index (κ2) is 5.54. The average molecular weight is 270 g/mol. The van der Waals surface area contributed by atoms with Crippen molar-refractivity contribution < 1.29 is 0 Å². The zero-order chi connectivity index (χ0) is 13.9. The van der Waals surface area contributed by atoms with Crippen molar-refractivity contribution in [1.29, 1.82) is 0 Å². The Morgan fingerprint density at radius 3 is 2.85 bits per heavy atom. The highest BCUT2D eigenvalue weighted by molar-refractivity contribution is 5.53. The molecule has 1 aliphatic carbocycles. The van der Waals surface area contributed by atoms with Crippen LogP contribution >= 0.6 is 0 Å². The van der Waals surface area contributed by atoms with Crippen molar-refractivity contribution in [2.75, 3.05) is 0 Å². The Balaban J connectivity index is 1.97. The van der Waals surface area contributed by atoms with Crippen LogP contribution < -0.4 is 10.9 Å². The highest BCUT2D eigenvalue weighted by atomic mass is 16.1. The second-order valence-corrected chi connectivity index (χ2v) is 5.05. The molecule has 0 aliphatic heterocycles. The molecular formula is C15H18N4O. The highest BCUT2D eigenvalue weighted by Gasteiger charge is 2.21. The van der Waals surface area contributed by atoms with E-state index in [9.17, 15) is 4.79 Å². The lowest BCUT2D eigenvalue weighted by Gasteiger charge is -2.09. The van der Waals surface area contributed by atoms with Gasteiger partial charge in [0.2, 0.25) is 0 Å². The molecule has 2 aromatic heterocycles. The Bertz CT molecular complexity index is 647. The van der Waals surface area contributed by atoms with Crippen LogP contribution in [0, 0.1) is 0 Å². The van der Waals surface area contributed by atoms with E-state index in [-0.39, 0.29) is 5.56 Å². The predicted molar refractivity (Wildman–Crippen MR) is 77.3 cm³/mol. The van der Waals surface area contributed by atoms with E-state index in [1.54, 1.807) is 6.20 Å². The zero-order valence-corrected chi connectivity index (χ0v) is 11.5. The van der Waals surface area contributed by atoms with Gasteiger partial charge in [0.05, 0.1) is 5.69 Å². The van der Waals surface area contributed by atoms with Crippen molar-refractivity contribution in [3.05, 3.63) is 46.4 Å². The molecule has 0 atom stereocenters. The van der Waals surface area contributed by atoms with Gasteiger partial charge in [-0.05, 0) is 38.0 Å². The summed E-state index contributed by atoms with van der Waals surface area (Å²) in [6.45, 7) is 3.09. The summed E-state index contributed by atoms with van der Waals surface area (Å²) in [5.41, 5.74) is 2.29. The smallest absolute Gasteiger partial charge is 0.271 e. The summed E-state index contributed by atoms with van der Waals surface area (Å²) >= 11 is 0. The van der Waals surface area contributed by atoms with Crippen LogP contribution in [0.15, 0.2) is 35.3 Å². The first-order chi connectivity index (χ1) is 9.78. The van der Waals surface area contributed by atoms with E-state index in [0.717, 1.165) is 17.0 Å². The van der Waals surface area contributed by atoms with E-state index in [4.69, 9.17) is 0 Å². The van der Waals surface area contributed by atoms with Gasteiger partial charge in [-0.1, -0.05) is 6.07 Å². The zero-order valence-electron chi connectivity index (χ0n) is 11.5. The van der Waals surface area contributed by atoms with Crippen LogP contribution in [0.4, 0.5) is 0 Å². The van der Waals surface area contributed by atoms with Gasteiger partial charge >= 0.3 is 0 Å². The van der Waals surface area contributed by atoms with Crippen molar-refractivity contribution in [2.45, 2.75) is 38.9 Å². The van der Waals surface area contributed by atoms with E-state index in [1.807, 2.05) is 31.2 Å². The summed E-state index contributed by atoms with van der Waals surface area (Å²) < 4.78 is 1.51. The maximum absolute atomic E-state index is 12.3. The van der Waals surface area contributed by atoms with Gasteiger partial charge in [-0.25, -0.2) is 4.68 Å². The van der Waals surface area contributed by atoms with Crippen LogP contribution in [-0.4, -0.2) is 20.8 Å². The lowest BCUT2D eigenvalue weighted by molar-refractivity contribution is 0.596. The molecule has 2 aromatic rings. The number of aryl methyl sites for hydroxylation is 1. The normalized spacial score (nSPS) is 14.4. The molecule has 1 fully saturated rings. The molecule has 2 heterocycles. The van der Waals surface area contributed by atoms with Crippen LogP contribution in [0.2, 0.25) is 0 Å². The molecule has 0 aromatic carbocycles. The van der Waals surface area contributed by atoms with Gasteiger partial charge in [-0.2, -0.15) is 5.10 Å². The Kier molecular flexibility index (Phi) is 3.60. The molecule has 104 valence electrons. The molecule has 0 bridgehead atoms. The second-order valence-electron chi connectivity index (χ2n) is 5.05. The first-order valence-corrected chi connectivity index (χ1v) is 7.03. The van der Waals surface area contributed by atoms with E-state index >= 15 is 0 Å². The van der Waals surface area contributed by atoms with Crippen molar-refractivity contribution in [1.82, 2.24) is 20.1 Å².